The molecular weight excluding hydrogens is 228 g/mol. The summed E-state index contributed by atoms with van der Waals surface area (Å²) in [4.78, 5) is 11.4. The molecule has 3 heteroatoms. The third-order valence-corrected chi connectivity index (χ3v) is 3.73. The molecule has 106 valence electrons. The van der Waals surface area contributed by atoms with Gasteiger partial charge in [0, 0.05) is 0 Å². The van der Waals surface area contributed by atoms with Gasteiger partial charge in [-0.3, -0.25) is 0 Å². The summed E-state index contributed by atoms with van der Waals surface area (Å²) in [6, 6.07) is 0. The summed E-state index contributed by atoms with van der Waals surface area (Å²) >= 11 is 0. The van der Waals surface area contributed by atoms with Crippen molar-refractivity contribution in [3.8, 4) is 0 Å². The van der Waals surface area contributed by atoms with E-state index in [0.717, 1.165) is 12.8 Å². The van der Waals surface area contributed by atoms with Crippen LogP contribution in [0.3, 0.4) is 0 Å². The highest BCUT2D eigenvalue weighted by atomic mass is 16.6. The van der Waals surface area contributed by atoms with Crippen molar-refractivity contribution in [2.75, 3.05) is 13.7 Å². The number of carbonyl (C=O) groups is 1. The molecule has 0 radical (unpaired) electrons. The molecule has 1 aliphatic rings. The maximum absolute atomic E-state index is 11.4. The first kappa shape index (κ1) is 15.5. The van der Waals surface area contributed by atoms with Gasteiger partial charge in [-0.25, -0.2) is 4.79 Å². The number of hydrogen-bond donors (Lipinski definition) is 0. The molecule has 3 nitrogen and oxygen atoms in total. The molecule has 1 atom stereocenters. The fourth-order valence-corrected chi connectivity index (χ4v) is 2.36. The van der Waals surface area contributed by atoms with Crippen molar-refractivity contribution >= 4 is 5.97 Å². The number of rotatable bonds is 11. The highest BCUT2D eigenvalue weighted by molar-refractivity contribution is 5.82. The molecule has 0 saturated carbocycles. The Bertz CT molecular complexity index is 234. The van der Waals surface area contributed by atoms with Gasteiger partial charge in [0.1, 0.15) is 0 Å². The van der Waals surface area contributed by atoms with Crippen LogP contribution in [-0.2, 0) is 14.3 Å². The van der Waals surface area contributed by atoms with Gasteiger partial charge in [0.2, 0.25) is 0 Å². The lowest BCUT2D eigenvalue weighted by Gasteiger charge is -2.08. The number of hydrogen-bond acceptors (Lipinski definition) is 3. The third kappa shape index (κ3) is 5.38. The first-order chi connectivity index (χ1) is 8.75. The lowest BCUT2D eigenvalue weighted by Crippen LogP contribution is -2.25. The molecule has 1 aliphatic heterocycles. The quantitative estimate of drug-likeness (QED) is 0.320. The predicted molar refractivity (Wildman–Crippen MR) is 72.5 cm³/mol. The molecule has 0 unspecified atom stereocenters. The van der Waals surface area contributed by atoms with Gasteiger partial charge in [0.15, 0.2) is 5.60 Å². The fourth-order valence-electron chi connectivity index (χ4n) is 2.36. The van der Waals surface area contributed by atoms with Gasteiger partial charge in [-0.1, -0.05) is 58.3 Å². The largest absolute Gasteiger partial charge is 0.467 e. The average Bonchev–Trinajstić information content (AvgIpc) is 3.17. The molecule has 1 rings (SSSR count). The van der Waals surface area contributed by atoms with Crippen LogP contribution >= 0.6 is 0 Å². The van der Waals surface area contributed by atoms with Gasteiger partial charge in [0.25, 0.3) is 0 Å². The minimum absolute atomic E-state index is 0.193. The number of ether oxygens (including phenoxy) is 2. The van der Waals surface area contributed by atoms with Crippen LogP contribution in [0, 0.1) is 0 Å². The molecule has 0 amide bonds. The van der Waals surface area contributed by atoms with Gasteiger partial charge < -0.3 is 9.47 Å². The number of carbonyl (C=O) groups excluding carboxylic acids is 1. The van der Waals surface area contributed by atoms with Gasteiger partial charge in [-0.15, -0.1) is 0 Å². The van der Waals surface area contributed by atoms with Crippen LogP contribution in [0.4, 0.5) is 0 Å². The van der Waals surface area contributed by atoms with E-state index in [-0.39, 0.29) is 5.97 Å². The molecule has 0 bridgehead atoms. The number of epoxide rings is 1. The zero-order valence-corrected chi connectivity index (χ0v) is 12.0. The van der Waals surface area contributed by atoms with E-state index in [0.29, 0.717) is 6.61 Å². The van der Waals surface area contributed by atoms with Crippen molar-refractivity contribution in [1.29, 1.82) is 0 Å². The van der Waals surface area contributed by atoms with E-state index < -0.39 is 5.60 Å². The lowest BCUT2D eigenvalue weighted by molar-refractivity contribution is -0.147. The summed E-state index contributed by atoms with van der Waals surface area (Å²) in [5, 5.41) is 0. The molecule has 18 heavy (non-hydrogen) atoms. The second-order valence-electron chi connectivity index (χ2n) is 5.35. The highest BCUT2D eigenvalue weighted by Crippen LogP contribution is 2.34. The number of unbranched alkanes of at least 4 members (excludes halogenated alkanes) is 8. The second kappa shape index (κ2) is 8.52. The van der Waals surface area contributed by atoms with Gasteiger partial charge in [0.05, 0.1) is 13.7 Å². The molecule has 0 aromatic carbocycles. The normalized spacial score (nSPS) is 21.9. The van der Waals surface area contributed by atoms with E-state index >= 15 is 0 Å². The molecule has 0 N–H and O–H groups in total. The molecule has 0 aromatic rings. The Balaban J connectivity index is 1.89. The Hall–Kier alpha value is -0.570. The first-order valence-corrected chi connectivity index (χ1v) is 7.47. The molecule has 0 aliphatic carbocycles. The second-order valence-corrected chi connectivity index (χ2v) is 5.35. The zero-order valence-electron chi connectivity index (χ0n) is 12.0. The minimum atomic E-state index is -0.560. The van der Waals surface area contributed by atoms with Crippen LogP contribution in [-0.4, -0.2) is 25.3 Å². The average molecular weight is 256 g/mol. The SMILES string of the molecule is CCCCCCCCCCC[C@]1(C(=O)OC)CO1. The molecular formula is C15H28O3. The highest BCUT2D eigenvalue weighted by Gasteiger charge is 2.52. The number of methoxy groups -OCH3 is 1. The van der Waals surface area contributed by atoms with Crippen molar-refractivity contribution in [1.82, 2.24) is 0 Å². The number of esters is 1. The molecule has 0 spiro atoms. The van der Waals surface area contributed by atoms with Gasteiger partial charge in [-0.2, -0.15) is 0 Å². The monoisotopic (exact) mass is 256 g/mol. The van der Waals surface area contributed by atoms with E-state index in [9.17, 15) is 4.79 Å². The summed E-state index contributed by atoms with van der Waals surface area (Å²) in [7, 11) is 1.43. The summed E-state index contributed by atoms with van der Waals surface area (Å²) in [5.41, 5.74) is -0.560. The van der Waals surface area contributed by atoms with E-state index in [1.54, 1.807) is 0 Å². The van der Waals surface area contributed by atoms with E-state index in [2.05, 4.69) is 6.92 Å². The van der Waals surface area contributed by atoms with Crippen LogP contribution in [0.1, 0.15) is 71.1 Å². The van der Waals surface area contributed by atoms with Gasteiger partial charge in [-0.05, 0) is 12.8 Å². The van der Waals surface area contributed by atoms with Crippen molar-refractivity contribution in [3.63, 3.8) is 0 Å². The van der Waals surface area contributed by atoms with Crippen molar-refractivity contribution in [2.24, 2.45) is 0 Å². The molecule has 1 fully saturated rings. The van der Waals surface area contributed by atoms with Crippen LogP contribution in [0.25, 0.3) is 0 Å². The summed E-state index contributed by atoms with van der Waals surface area (Å²) in [6.45, 7) is 2.80. The Morgan fingerprint density at radius 1 is 1.06 bits per heavy atom. The maximum Gasteiger partial charge on any atom is 0.340 e. The summed E-state index contributed by atoms with van der Waals surface area (Å²) < 4.78 is 9.99. The van der Waals surface area contributed by atoms with Gasteiger partial charge >= 0.3 is 5.97 Å². The summed E-state index contributed by atoms with van der Waals surface area (Å²) in [6.07, 6.45) is 12.5. The van der Waals surface area contributed by atoms with E-state index in [1.165, 1.54) is 58.5 Å². The summed E-state index contributed by atoms with van der Waals surface area (Å²) in [5.74, 6) is -0.193. The lowest BCUT2D eigenvalue weighted by atomic mass is 10.0. The van der Waals surface area contributed by atoms with Crippen LogP contribution < -0.4 is 0 Å². The van der Waals surface area contributed by atoms with Crippen LogP contribution in [0.15, 0.2) is 0 Å². The minimum Gasteiger partial charge on any atom is -0.467 e. The molecule has 0 aromatic heterocycles. The fraction of sp³-hybridized carbons (Fsp3) is 0.933. The van der Waals surface area contributed by atoms with Crippen molar-refractivity contribution < 1.29 is 14.3 Å². The Morgan fingerprint density at radius 3 is 2.00 bits per heavy atom. The topological polar surface area (TPSA) is 38.8 Å². The Kier molecular flexibility index (Phi) is 7.33. The zero-order chi connectivity index (χ0) is 13.3. The van der Waals surface area contributed by atoms with Crippen LogP contribution in [0.5, 0.6) is 0 Å². The van der Waals surface area contributed by atoms with Crippen molar-refractivity contribution in [3.05, 3.63) is 0 Å². The maximum atomic E-state index is 11.4. The molecule has 1 saturated heterocycles. The predicted octanol–water partition coefficient (Wildman–Crippen LogP) is 3.85. The molecule has 1 heterocycles. The van der Waals surface area contributed by atoms with Crippen molar-refractivity contribution in [2.45, 2.75) is 76.7 Å². The first-order valence-electron chi connectivity index (χ1n) is 7.47. The Labute approximate surface area is 111 Å². The smallest absolute Gasteiger partial charge is 0.340 e. The standard InChI is InChI=1S/C15H28O3/c1-3-4-5-6-7-8-9-10-11-12-15(13-18-15)14(16)17-2/h3-13H2,1-2H3/t15-/m1/s1. The third-order valence-electron chi connectivity index (χ3n) is 3.73. The Morgan fingerprint density at radius 2 is 1.56 bits per heavy atom. The van der Waals surface area contributed by atoms with Crippen LogP contribution in [0.2, 0.25) is 0 Å². The van der Waals surface area contributed by atoms with E-state index in [4.69, 9.17) is 9.47 Å². The van der Waals surface area contributed by atoms with E-state index in [1.807, 2.05) is 0 Å².